The number of benzene rings is 1. The van der Waals surface area contributed by atoms with Gasteiger partial charge in [-0.3, -0.25) is 4.79 Å². The topological polar surface area (TPSA) is 55.6 Å². The maximum Gasteiger partial charge on any atom is 0.228 e. The number of para-hydroxylation sites is 1. The Balaban J connectivity index is 1.73. The monoisotopic (exact) mass is 274 g/mol. The van der Waals surface area contributed by atoms with Gasteiger partial charge in [0.25, 0.3) is 0 Å². The molecule has 4 nitrogen and oxygen atoms in total. The molecule has 1 amide bonds. The lowest BCUT2D eigenvalue weighted by molar-refractivity contribution is -0.136. The van der Waals surface area contributed by atoms with Crippen LogP contribution in [0.25, 0.3) is 0 Å². The number of nitrogens with zero attached hydrogens (tertiary/aromatic N) is 1. The second kappa shape index (κ2) is 5.44. The normalized spacial score (nSPS) is 25.6. The van der Waals surface area contributed by atoms with Crippen LogP contribution >= 0.6 is 0 Å². The Kier molecular flexibility index (Phi) is 3.66. The fourth-order valence-electron chi connectivity index (χ4n) is 2.86. The van der Waals surface area contributed by atoms with Crippen LogP contribution in [-0.2, 0) is 16.1 Å². The molecule has 3 rings (SSSR count). The van der Waals surface area contributed by atoms with Gasteiger partial charge in [0.15, 0.2) is 0 Å². The highest BCUT2D eigenvalue weighted by molar-refractivity contribution is 5.80. The molecule has 1 aromatic carbocycles. The summed E-state index contributed by atoms with van der Waals surface area (Å²) in [5.41, 5.74) is 7.81. The summed E-state index contributed by atoms with van der Waals surface area (Å²) < 4.78 is 5.54. The van der Waals surface area contributed by atoms with Gasteiger partial charge in [0, 0.05) is 18.3 Å². The van der Waals surface area contributed by atoms with E-state index >= 15 is 0 Å². The van der Waals surface area contributed by atoms with Gasteiger partial charge in [-0.05, 0) is 37.8 Å². The number of anilines is 1. The molecule has 1 aliphatic carbocycles. The molecule has 2 aliphatic rings. The van der Waals surface area contributed by atoms with E-state index in [0.717, 1.165) is 30.5 Å². The molecule has 0 spiro atoms. The molecule has 0 radical (unpaired) electrons. The van der Waals surface area contributed by atoms with Gasteiger partial charge in [0.1, 0.15) is 0 Å². The SMILES string of the molecule is CC1CC(C(=O)N(Cc2ccccc2N)C2CC2)CO1. The highest BCUT2D eigenvalue weighted by atomic mass is 16.5. The summed E-state index contributed by atoms with van der Waals surface area (Å²) in [6.45, 7) is 3.22. The fraction of sp³-hybridized carbons (Fsp3) is 0.562. The first-order chi connectivity index (χ1) is 9.65. The maximum atomic E-state index is 12.7. The third-order valence-corrected chi connectivity index (χ3v) is 4.21. The summed E-state index contributed by atoms with van der Waals surface area (Å²) in [5, 5.41) is 0. The molecule has 0 bridgehead atoms. The standard InChI is InChI=1S/C16H22N2O2/c1-11-8-13(10-20-11)16(19)18(14-6-7-14)9-12-4-2-3-5-15(12)17/h2-5,11,13-14H,6-10,17H2,1H3. The van der Waals surface area contributed by atoms with E-state index in [4.69, 9.17) is 10.5 Å². The number of rotatable bonds is 4. The molecule has 4 heteroatoms. The van der Waals surface area contributed by atoms with Crippen LogP contribution in [0.5, 0.6) is 0 Å². The molecule has 20 heavy (non-hydrogen) atoms. The number of nitrogens with two attached hydrogens (primary N) is 1. The number of carbonyl (C=O) groups excluding carboxylic acids is 1. The second-order valence-corrected chi connectivity index (χ2v) is 5.97. The molecular weight excluding hydrogens is 252 g/mol. The molecule has 2 unspecified atom stereocenters. The number of hydrogen-bond donors (Lipinski definition) is 1. The third kappa shape index (κ3) is 2.80. The Morgan fingerprint density at radius 3 is 2.75 bits per heavy atom. The summed E-state index contributed by atoms with van der Waals surface area (Å²) in [6, 6.07) is 8.20. The van der Waals surface area contributed by atoms with E-state index in [1.165, 1.54) is 0 Å². The molecular formula is C16H22N2O2. The summed E-state index contributed by atoms with van der Waals surface area (Å²) >= 11 is 0. The van der Waals surface area contributed by atoms with Crippen molar-refractivity contribution >= 4 is 11.6 Å². The number of ether oxygens (including phenoxy) is 1. The first-order valence-corrected chi connectivity index (χ1v) is 7.40. The maximum absolute atomic E-state index is 12.7. The minimum atomic E-state index is 0.0236. The number of carbonyl (C=O) groups is 1. The van der Waals surface area contributed by atoms with Gasteiger partial charge in [-0.25, -0.2) is 0 Å². The molecule has 2 fully saturated rings. The molecule has 108 valence electrons. The van der Waals surface area contributed by atoms with Crippen LogP contribution in [0.4, 0.5) is 5.69 Å². The molecule has 1 aromatic rings. The Morgan fingerprint density at radius 1 is 1.40 bits per heavy atom. The van der Waals surface area contributed by atoms with E-state index in [0.29, 0.717) is 19.2 Å². The van der Waals surface area contributed by atoms with Crippen LogP contribution in [0.1, 0.15) is 31.7 Å². The van der Waals surface area contributed by atoms with Crippen molar-refractivity contribution in [3.8, 4) is 0 Å². The average molecular weight is 274 g/mol. The zero-order valence-electron chi connectivity index (χ0n) is 11.9. The van der Waals surface area contributed by atoms with Crippen LogP contribution in [0, 0.1) is 5.92 Å². The van der Waals surface area contributed by atoms with Crippen molar-refractivity contribution in [2.75, 3.05) is 12.3 Å². The molecule has 1 aliphatic heterocycles. The van der Waals surface area contributed by atoms with Crippen LogP contribution in [0.2, 0.25) is 0 Å². The fourth-order valence-corrected chi connectivity index (χ4v) is 2.86. The first-order valence-electron chi connectivity index (χ1n) is 7.40. The van der Waals surface area contributed by atoms with Crippen LogP contribution in [-0.4, -0.2) is 29.6 Å². The quantitative estimate of drug-likeness (QED) is 0.856. The zero-order valence-corrected chi connectivity index (χ0v) is 11.9. The van der Waals surface area contributed by atoms with Crippen molar-refractivity contribution in [1.82, 2.24) is 4.90 Å². The Hall–Kier alpha value is -1.55. The molecule has 2 atom stereocenters. The van der Waals surface area contributed by atoms with Gasteiger partial charge in [-0.2, -0.15) is 0 Å². The average Bonchev–Trinajstić information content (AvgIpc) is 3.18. The van der Waals surface area contributed by atoms with Gasteiger partial charge in [0.05, 0.1) is 18.6 Å². The number of nitrogen functional groups attached to an aromatic ring is 1. The lowest BCUT2D eigenvalue weighted by atomic mass is 10.0. The van der Waals surface area contributed by atoms with E-state index < -0.39 is 0 Å². The van der Waals surface area contributed by atoms with Gasteiger partial charge in [0.2, 0.25) is 5.91 Å². The van der Waals surface area contributed by atoms with Crippen molar-refractivity contribution < 1.29 is 9.53 Å². The highest BCUT2D eigenvalue weighted by Crippen LogP contribution is 2.32. The summed E-state index contributed by atoms with van der Waals surface area (Å²) in [5.74, 6) is 0.260. The van der Waals surface area contributed by atoms with E-state index in [-0.39, 0.29) is 17.9 Å². The summed E-state index contributed by atoms with van der Waals surface area (Å²) in [4.78, 5) is 14.7. The number of amides is 1. The zero-order chi connectivity index (χ0) is 14.1. The van der Waals surface area contributed by atoms with Crippen molar-refractivity contribution in [3.63, 3.8) is 0 Å². The Labute approximate surface area is 119 Å². The highest BCUT2D eigenvalue weighted by Gasteiger charge is 2.38. The van der Waals surface area contributed by atoms with Gasteiger partial charge < -0.3 is 15.4 Å². The Morgan fingerprint density at radius 2 is 2.15 bits per heavy atom. The lowest BCUT2D eigenvalue weighted by Crippen LogP contribution is -2.37. The van der Waals surface area contributed by atoms with Crippen molar-refractivity contribution in [1.29, 1.82) is 0 Å². The van der Waals surface area contributed by atoms with Crippen molar-refractivity contribution in [3.05, 3.63) is 29.8 Å². The Bertz CT molecular complexity index is 499. The number of hydrogen-bond acceptors (Lipinski definition) is 3. The molecule has 1 heterocycles. The second-order valence-electron chi connectivity index (χ2n) is 5.97. The molecule has 1 saturated heterocycles. The summed E-state index contributed by atoms with van der Waals surface area (Å²) in [6.07, 6.45) is 3.27. The predicted molar refractivity (Wildman–Crippen MR) is 77.9 cm³/mol. The van der Waals surface area contributed by atoms with Crippen molar-refractivity contribution in [2.24, 2.45) is 5.92 Å². The predicted octanol–water partition coefficient (Wildman–Crippen LogP) is 2.18. The van der Waals surface area contributed by atoms with Crippen LogP contribution in [0.3, 0.4) is 0 Å². The molecule has 2 N–H and O–H groups in total. The van der Waals surface area contributed by atoms with E-state index in [1.807, 2.05) is 36.1 Å². The van der Waals surface area contributed by atoms with E-state index in [1.54, 1.807) is 0 Å². The molecule has 1 saturated carbocycles. The minimum absolute atomic E-state index is 0.0236. The van der Waals surface area contributed by atoms with Crippen LogP contribution < -0.4 is 5.73 Å². The van der Waals surface area contributed by atoms with Gasteiger partial charge in [-0.1, -0.05) is 18.2 Å². The van der Waals surface area contributed by atoms with Gasteiger partial charge in [-0.15, -0.1) is 0 Å². The lowest BCUT2D eigenvalue weighted by Gasteiger charge is -2.25. The van der Waals surface area contributed by atoms with Crippen molar-refractivity contribution in [2.45, 2.75) is 44.9 Å². The molecule has 0 aromatic heterocycles. The minimum Gasteiger partial charge on any atom is -0.398 e. The third-order valence-electron chi connectivity index (χ3n) is 4.21. The largest absolute Gasteiger partial charge is 0.398 e. The van der Waals surface area contributed by atoms with Gasteiger partial charge >= 0.3 is 0 Å². The van der Waals surface area contributed by atoms with E-state index in [2.05, 4.69) is 0 Å². The first kappa shape index (κ1) is 13.4. The van der Waals surface area contributed by atoms with Crippen LogP contribution in [0.15, 0.2) is 24.3 Å². The summed E-state index contributed by atoms with van der Waals surface area (Å²) in [7, 11) is 0. The van der Waals surface area contributed by atoms with E-state index in [9.17, 15) is 4.79 Å². The smallest absolute Gasteiger partial charge is 0.228 e.